The molecule has 0 bridgehead atoms. The maximum atomic E-state index is 13.9. The molecule has 2 aliphatic rings. The van der Waals surface area contributed by atoms with Gasteiger partial charge < -0.3 is 9.80 Å². The Bertz CT molecular complexity index is 1440. The first-order valence-electron chi connectivity index (χ1n) is 12.2. The fourth-order valence-corrected chi connectivity index (χ4v) is 6.21. The van der Waals surface area contributed by atoms with Crippen molar-refractivity contribution < 1.29 is 26.0 Å². The lowest BCUT2D eigenvalue weighted by Crippen LogP contribution is -2.48. The Kier molecular flexibility index (Phi) is 6.88. The fourth-order valence-electron chi connectivity index (χ4n) is 4.68. The summed E-state index contributed by atoms with van der Waals surface area (Å²) in [7, 11) is -3.59. The lowest BCUT2D eigenvalue weighted by Gasteiger charge is -2.37. The molecule has 0 atom stereocenters. The standard InChI is InChI=1S/C25H26F4N6O2S/c1-17-15-18(6-7-20(17)26)21-16-22(32-24(31-21)35-9-2-3-14-38(35,36)37)33-10-12-34(13-11-33)23-19(25(27,28)29)5-4-8-30-23/h4-8,15-16H,2-3,9-14H2,1H3. The summed E-state index contributed by atoms with van der Waals surface area (Å²) in [5.74, 6) is -0.0126. The van der Waals surface area contributed by atoms with Crippen LogP contribution < -0.4 is 14.1 Å². The van der Waals surface area contributed by atoms with E-state index in [1.54, 1.807) is 30.0 Å². The molecular formula is C25H26F4N6O2S. The molecule has 0 aliphatic carbocycles. The second-order valence-corrected chi connectivity index (χ2v) is 11.3. The van der Waals surface area contributed by atoms with Crippen LogP contribution in [0.2, 0.25) is 0 Å². The highest BCUT2D eigenvalue weighted by molar-refractivity contribution is 7.92. The van der Waals surface area contributed by atoms with Crippen molar-refractivity contribution in [2.45, 2.75) is 25.9 Å². The van der Waals surface area contributed by atoms with Gasteiger partial charge in [0, 0.05) is 50.6 Å². The van der Waals surface area contributed by atoms with Gasteiger partial charge in [0.25, 0.3) is 0 Å². The summed E-state index contributed by atoms with van der Waals surface area (Å²) >= 11 is 0. The number of aromatic nitrogens is 3. The van der Waals surface area contributed by atoms with E-state index in [1.165, 1.54) is 22.6 Å². The number of anilines is 3. The Morgan fingerprint density at radius 2 is 1.66 bits per heavy atom. The topological polar surface area (TPSA) is 82.5 Å². The van der Waals surface area contributed by atoms with Gasteiger partial charge in [-0.05, 0) is 55.7 Å². The quantitative estimate of drug-likeness (QED) is 0.449. The van der Waals surface area contributed by atoms with Gasteiger partial charge in [-0.2, -0.15) is 18.2 Å². The van der Waals surface area contributed by atoms with Crippen LogP contribution in [0.5, 0.6) is 0 Å². The van der Waals surface area contributed by atoms with Gasteiger partial charge in [0.2, 0.25) is 16.0 Å². The molecule has 0 saturated carbocycles. The molecule has 3 aromatic rings. The number of pyridine rings is 1. The zero-order valence-electron chi connectivity index (χ0n) is 20.6. The third kappa shape index (κ3) is 5.24. The molecule has 1 aromatic carbocycles. The molecule has 2 fully saturated rings. The Hall–Kier alpha value is -3.48. The van der Waals surface area contributed by atoms with Crippen LogP contribution in [0.4, 0.5) is 35.1 Å². The highest BCUT2D eigenvalue weighted by atomic mass is 32.2. The summed E-state index contributed by atoms with van der Waals surface area (Å²) in [5.41, 5.74) is 0.659. The fraction of sp³-hybridized carbons (Fsp3) is 0.400. The van der Waals surface area contributed by atoms with Crippen molar-refractivity contribution in [2.24, 2.45) is 0 Å². The monoisotopic (exact) mass is 550 g/mol. The van der Waals surface area contributed by atoms with Crippen molar-refractivity contribution in [3.8, 4) is 11.3 Å². The van der Waals surface area contributed by atoms with E-state index in [2.05, 4.69) is 15.0 Å². The zero-order valence-corrected chi connectivity index (χ0v) is 21.4. The van der Waals surface area contributed by atoms with Crippen molar-refractivity contribution in [3.63, 3.8) is 0 Å². The van der Waals surface area contributed by atoms with Gasteiger partial charge in [-0.3, -0.25) is 0 Å². The average molecular weight is 551 g/mol. The molecule has 0 radical (unpaired) electrons. The number of hydrogen-bond acceptors (Lipinski definition) is 7. The molecule has 2 aromatic heterocycles. The van der Waals surface area contributed by atoms with Crippen LogP contribution in [0, 0.1) is 12.7 Å². The van der Waals surface area contributed by atoms with Crippen LogP contribution in [0.1, 0.15) is 24.0 Å². The predicted octanol–water partition coefficient (Wildman–Crippen LogP) is 4.26. The molecule has 8 nitrogen and oxygen atoms in total. The van der Waals surface area contributed by atoms with Gasteiger partial charge in [-0.1, -0.05) is 0 Å². The van der Waals surface area contributed by atoms with Crippen molar-refractivity contribution >= 4 is 27.6 Å². The van der Waals surface area contributed by atoms with Crippen molar-refractivity contribution in [2.75, 3.05) is 52.6 Å². The van der Waals surface area contributed by atoms with E-state index in [-0.39, 0.29) is 43.0 Å². The lowest BCUT2D eigenvalue weighted by molar-refractivity contribution is -0.137. The maximum Gasteiger partial charge on any atom is 0.419 e. The first kappa shape index (κ1) is 26.1. The number of hydrogen-bond donors (Lipinski definition) is 0. The molecule has 38 heavy (non-hydrogen) atoms. The SMILES string of the molecule is Cc1cc(-c2cc(N3CCN(c4ncccc4C(F)(F)F)CC3)nc(N3CCCCS3(=O)=O)n2)ccc1F. The van der Waals surface area contributed by atoms with Crippen LogP contribution in [0.15, 0.2) is 42.6 Å². The van der Waals surface area contributed by atoms with E-state index >= 15 is 0 Å². The maximum absolute atomic E-state index is 13.9. The van der Waals surface area contributed by atoms with Crippen LogP contribution >= 0.6 is 0 Å². The predicted molar refractivity (Wildman–Crippen MR) is 136 cm³/mol. The second kappa shape index (κ2) is 10.0. The third-order valence-electron chi connectivity index (χ3n) is 6.72. The van der Waals surface area contributed by atoms with E-state index < -0.39 is 21.8 Å². The van der Waals surface area contributed by atoms with Crippen molar-refractivity contribution in [3.05, 3.63) is 59.5 Å². The molecule has 2 aliphatic heterocycles. The van der Waals surface area contributed by atoms with Crippen LogP contribution in [0.3, 0.4) is 0 Å². The Labute approximate surface area is 218 Å². The van der Waals surface area contributed by atoms with Gasteiger partial charge in [0.05, 0.1) is 17.0 Å². The minimum Gasteiger partial charge on any atom is -0.353 e. The highest BCUT2D eigenvalue weighted by Gasteiger charge is 2.36. The van der Waals surface area contributed by atoms with E-state index in [0.29, 0.717) is 48.6 Å². The molecule has 202 valence electrons. The molecule has 0 N–H and O–H groups in total. The largest absolute Gasteiger partial charge is 0.419 e. The second-order valence-electron chi connectivity index (χ2n) is 9.32. The van der Waals surface area contributed by atoms with Gasteiger partial charge in [0.1, 0.15) is 17.5 Å². The minimum absolute atomic E-state index is 0.00410. The molecule has 0 spiro atoms. The minimum atomic E-state index is -4.52. The number of rotatable bonds is 4. The van der Waals surface area contributed by atoms with Gasteiger partial charge in [-0.25, -0.2) is 27.1 Å². The summed E-state index contributed by atoms with van der Waals surface area (Å²) in [5, 5.41) is 0. The summed E-state index contributed by atoms with van der Waals surface area (Å²) in [6.07, 6.45) is -1.96. The number of benzene rings is 1. The highest BCUT2D eigenvalue weighted by Crippen LogP contribution is 2.36. The van der Waals surface area contributed by atoms with Crippen molar-refractivity contribution in [1.82, 2.24) is 15.0 Å². The van der Waals surface area contributed by atoms with E-state index in [4.69, 9.17) is 0 Å². The first-order valence-corrected chi connectivity index (χ1v) is 13.8. The van der Waals surface area contributed by atoms with Gasteiger partial charge in [0.15, 0.2) is 0 Å². The van der Waals surface area contributed by atoms with Crippen molar-refractivity contribution in [1.29, 1.82) is 0 Å². The lowest BCUT2D eigenvalue weighted by atomic mass is 10.1. The molecule has 4 heterocycles. The van der Waals surface area contributed by atoms with E-state index in [1.807, 2.05) is 4.90 Å². The summed E-state index contributed by atoms with van der Waals surface area (Å²) in [4.78, 5) is 16.6. The zero-order chi connectivity index (χ0) is 27.1. The molecule has 2 saturated heterocycles. The Balaban J connectivity index is 1.48. The number of piperazine rings is 1. The Morgan fingerprint density at radius 3 is 2.34 bits per heavy atom. The summed E-state index contributed by atoms with van der Waals surface area (Å²) in [6.45, 7) is 3.06. The molecule has 5 rings (SSSR count). The Morgan fingerprint density at radius 1 is 0.921 bits per heavy atom. The molecule has 13 heteroatoms. The summed E-state index contributed by atoms with van der Waals surface area (Å²) in [6, 6.07) is 8.51. The number of alkyl halides is 3. The van der Waals surface area contributed by atoms with E-state index in [9.17, 15) is 26.0 Å². The number of nitrogens with zero attached hydrogens (tertiary/aromatic N) is 6. The smallest absolute Gasteiger partial charge is 0.353 e. The molecule has 0 unspecified atom stereocenters. The van der Waals surface area contributed by atoms with Crippen LogP contribution in [-0.4, -0.2) is 61.8 Å². The number of sulfonamides is 1. The number of halogens is 4. The number of aryl methyl sites for hydroxylation is 1. The molecule has 0 amide bonds. The van der Waals surface area contributed by atoms with Gasteiger partial charge in [-0.15, -0.1) is 0 Å². The average Bonchev–Trinajstić information content (AvgIpc) is 2.89. The van der Waals surface area contributed by atoms with E-state index in [0.717, 1.165) is 6.07 Å². The summed E-state index contributed by atoms with van der Waals surface area (Å²) < 4.78 is 81.3. The third-order valence-corrected chi connectivity index (χ3v) is 8.54. The van der Waals surface area contributed by atoms with Crippen LogP contribution in [-0.2, 0) is 16.2 Å². The van der Waals surface area contributed by atoms with Gasteiger partial charge >= 0.3 is 6.18 Å². The first-order chi connectivity index (χ1) is 18.0. The van der Waals surface area contributed by atoms with Crippen LogP contribution in [0.25, 0.3) is 11.3 Å². The molecular weight excluding hydrogens is 524 g/mol. The normalized spacial score (nSPS) is 18.1.